The molecule has 0 bridgehead atoms. The average molecular weight is 490 g/mol. The third-order valence-electron chi connectivity index (χ3n) is 5.06. The molecule has 186 valence electrons. The van der Waals surface area contributed by atoms with E-state index >= 15 is 0 Å². The second-order valence-corrected chi connectivity index (χ2v) is 8.10. The molecule has 3 N–H and O–H groups in total. The van der Waals surface area contributed by atoms with E-state index in [0.717, 1.165) is 12.1 Å². The van der Waals surface area contributed by atoms with Crippen molar-refractivity contribution in [2.45, 2.75) is 6.42 Å². The molecule has 12 heteroatoms. The molecular weight excluding hydrogens is 462 g/mol. The molecule has 1 aromatic carbocycles. The maximum Gasteiger partial charge on any atom is 0.287 e. The molecule has 2 aromatic heterocycles. The first-order valence-corrected chi connectivity index (χ1v) is 11.2. The van der Waals surface area contributed by atoms with Gasteiger partial charge < -0.3 is 20.9 Å². The first-order valence-electron chi connectivity index (χ1n) is 11.2. The molecule has 0 unspecified atom stereocenters. The lowest BCUT2D eigenvalue weighted by molar-refractivity contribution is -0.385. The third-order valence-corrected chi connectivity index (χ3v) is 5.06. The predicted molar refractivity (Wildman–Crippen MR) is 135 cm³/mol. The van der Waals surface area contributed by atoms with Gasteiger partial charge in [0.15, 0.2) is 0 Å². The number of benzene rings is 1. The summed E-state index contributed by atoms with van der Waals surface area (Å²) in [4.78, 5) is 37.7. The highest BCUT2D eigenvalue weighted by atomic mass is 16.6. The first kappa shape index (κ1) is 26.0. The molecule has 0 saturated carbocycles. The van der Waals surface area contributed by atoms with Crippen molar-refractivity contribution in [1.29, 1.82) is 5.26 Å². The molecule has 3 aromatic rings. The van der Waals surface area contributed by atoms with Crippen molar-refractivity contribution in [2.75, 3.05) is 50.9 Å². The fourth-order valence-electron chi connectivity index (χ4n) is 3.19. The zero-order valence-electron chi connectivity index (χ0n) is 20.1. The second-order valence-electron chi connectivity index (χ2n) is 8.10. The van der Waals surface area contributed by atoms with Crippen molar-refractivity contribution >= 4 is 23.4 Å². The summed E-state index contributed by atoms with van der Waals surface area (Å²) in [5.74, 6) is 0.762. The van der Waals surface area contributed by atoms with Crippen molar-refractivity contribution < 1.29 is 9.72 Å². The van der Waals surface area contributed by atoms with E-state index in [-0.39, 0.29) is 18.0 Å². The number of pyridine rings is 1. The van der Waals surface area contributed by atoms with E-state index in [2.05, 4.69) is 37.0 Å². The fraction of sp³-hybridized carbons (Fsp3) is 0.292. The number of nitro groups is 1. The van der Waals surface area contributed by atoms with Gasteiger partial charge in [0.1, 0.15) is 12.0 Å². The van der Waals surface area contributed by atoms with Gasteiger partial charge in [-0.25, -0.2) is 15.0 Å². The number of anilines is 2. The van der Waals surface area contributed by atoms with E-state index in [1.54, 1.807) is 30.5 Å². The minimum atomic E-state index is -0.502. The fourth-order valence-corrected chi connectivity index (χ4v) is 3.19. The summed E-state index contributed by atoms with van der Waals surface area (Å²) in [6.45, 7) is 2.19. The molecule has 12 nitrogen and oxygen atoms in total. The van der Waals surface area contributed by atoms with Crippen LogP contribution in [-0.4, -0.2) is 71.0 Å². The van der Waals surface area contributed by atoms with Crippen LogP contribution in [0.4, 0.5) is 17.5 Å². The Balaban J connectivity index is 1.67. The number of amides is 1. The number of carbonyl (C=O) groups excluding carboxylic acids is 1. The standard InChI is InChI=1S/C24H27N9O3/c1-32(2)12-11-27-22(34)13-19-15-30-24(31-23(19)18-5-3-17(14-25)4-6-18)28-10-9-26-21-8-7-20(16-29-21)33(35)36/h3-8,15-16H,9-13H2,1-2H3,(H,26,29)(H,27,34)(H,28,30,31). The van der Waals surface area contributed by atoms with E-state index in [9.17, 15) is 14.9 Å². The first-order chi connectivity index (χ1) is 17.4. The number of rotatable bonds is 12. The minimum Gasteiger partial charge on any atom is -0.368 e. The molecule has 0 atom stereocenters. The second kappa shape index (κ2) is 12.7. The van der Waals surface area contributed by atoms with Crippen LogP contribution in [0.1, 0.15) is 11.1 Å². The number of nitrogens with one attached hydrogen (secondary N) is 3. The number of hydrogen-bond acceptors (Lipinski definition) is 10. The maximum absolute atomic E-state index is 12.5. The van der Waals surface area contributed by atoms with Gasteiger partial charge in [-0.15, -0.1) is 0 Å². The molecular formula is C24H27N9O3. The SMILES string of the molecule is CN(C)CCNC(=O)Cc1cnc(NCCNc2ccc([N+](=O)[O-])cn2)nc1-c1ccc(C#N)cc1. The van der Waals surface area contributed by atoms with Gasteiger partial charge >= 0.3 is 0 Å². The maximum atomic E-state index is 12.5. The Morgan fingerprint density at radius 1 is 1.06 bits per heavy atom. The van der Waals surface area contributed by atoms with Gasteiger partial charge in [-0.05, 0) is 32.3 Å². The quantitative estimate of drug-likeness (QED) is 0.195. The van der Waals surface area contributed by atoms with Gasteiger partial charge in [0.2, 0.25) is 11.9 Å². The highest BCUT2D eigenvalue weighted by molar-refractivity contribution is 5.81. The minimum absolute atomic E-state index is 0.0751. The van der Waals surface area contributed by atoms with E-state index in [0.29, 0.717) is 48.2 Å². The molecule has 0 fully saturated rings. The van der Waals surface area contributed by atoms with Crippen LogP contribution in [0.3, 0.4) is 0 Å². The van der Waals surface area contributed by atoms with Crippen molar-refractivity contribution in [3.63, 3.8) is 0 Å². The lowest BCUT2D eigenvalue weighted by Gasteiger charge is -2.13. The molecule has 0 aliphatic heterocycles. The molecule has 0 saturated heterocycles. The molecule has 0 aliphatic carbocycles. The highest BCUT2D eigenvalue weighted by Gasteiger charge is 2.14. The Morgan fingerprint density at radius 2 is 1.81 bits per heavy atom. The molecule has 36 heavy (non-hydrogen) atoms. The number of hydrogen-bond donors (Lipinski definition) is 3. The molecule has 0 spiro atoms. The lowest BCUT2D eigenvalue weighted by atomic mass is 10.0. The Morgan fingerprint density at radius 3 is 2.44 bits per heavy atom. The Kier molecular flexibility index (Phi) is 9.19. The molecule has 3 rings (SSSR count). The van der Waals surface area contributed by atoms with Crippen LogP contribution in [0.15, 0.2) is 48.8 Å². The monoisotopic (exact) mass is 489 g/mol. The van der Waals surface area contributed by atoms with Crippen molar-refractivity contribution in [2.24, 2.45) is 0 Å². The van der Waals surface area contributed by atoms with Crippen molar-refractivity contribution in [3.05, 3.63) is 70.0 Å². The summed E-state index contributed by atoms with van der Waals surface area (Å²) < 4.78 is 0. The van der Waals surface area contributed by atoms with Crippen LogP contribution in [0, 0.1) is 21.4 Å². The predicted octanol–water partition coefficient (Wildman–Crippen LogP) is 2.06. The molecule has 2 heterocycles. The summed E-state index contributed by atoms with van der Waals surface area (Å²) in [5.41, 5.74) is 2.49. The van der Waals surface area contributed by atoms with Gasteiger partial charge in [0, 0.05) is 49.6 Å². The smallest absolute Gasteiger partial charge is 0.287 e. The Bertz CT molecular complexity index is 1220. The third kappa shape index (κ3) is 7.71. The van der Waals surface area contributed by atoms with Crippen molar-refractivity contribution in [3.8, 4) is 17.3 Å². The summed E-state index contributed by atoms with van der Waals surface area (Å²) >= 11 is 0. The highest BCUT2D eigenvalue weighted by Crippen LogP contribution is 2.23. The molecule has 0 aliphatic rings. The van der Waals surface area contributed by atoms with Crippen LogP contribution in [0.2, 0.25) is 0 Å². The average Bonchev–Trinajstić information content (AvgIpc) is 2.87. The number of nitrogens with zero attached hydrogens (tertiary/aromatic N) is 6. The Labute approximate surface area is 208 Å². The van der Waals surface area contributed by atoms with E-state index in [4.69, 9.17) is 5.26 Å². The van der Waals surface area contributed by atoms with E-state index in [1.807, 2.05) is 19.0 Å². The number of likely N-dealkylation sites (N-methyl/N-ethyl adjacent to an activating group) is 1. The number of aromatic nitrogens is 3. The zero-order valence-corrected chi connectivity index (χ0v) is 20.1. The van der Waals surface area contributed by atoms with Crippen molar-refractivity contribution in [1.82, 2.24) is 25.2 Å². The number of carbonyl (C=O) groups is 1. The van der Waals surface area contributed by atoms with Crippen LogP contribution >= 0.6 is 0 Å². The topological polar surface area (TPSA) is 162 Å². The zero-order chi connectivity index (χ0) is 25.9. The molecule has 1 amide bonds. The van der Waals surface area contributed by atoms with Crippen LogP contribution in [0.5, 0.6) is 0 Å². The van der Waals surface area contributed by atoms with Crippen LogP contribution in [-0.2, 0) is 11.2 Å². The van der Waals surface area contributed by atoms with Crippen LogP contribution in [0.25, 0.3) is 11.3 Å². The summed E-state index contributed by atoms with van der Waals surface area (Å²) in [5, 5.41) is 28.9. The normalized spacial score (nSPS) is 10.5. The molecule has 0 radical (unpaired) electrons. The summed E-state index contributed by atoms with van der Waals surface area (Å²) in [6.07, 6.45) is 2.94. The summed E-state index contributed by atoms with van der Waals surface area (Å²) in [7, 11) is 3.87. The van der Waals surface area contributed by atoms with Gasteiger partial charge in [-0.2, -0.15) is 5.26 Å². The van der Waals surface area contributed by atoms with Gasteiger partial charge in [0.25, 0.3) is 5.69 Å². The van der Waals surface area contributed by atoms with Gasteiger partial charge in [-0.1, -0.05) is 12.1 Å². The van der Waals surface area contributed by atoms with Crippen LogP contribution < -0.4 is 16.0 Å². The van der Waals surface area contributed by atoms with Gasteiger partial charge in [-0.3, -0.25) is 14.9 Å². The van der Waals surface area contributed by atoms with E-state index in [1.165, 1.54) is 18.3 Å². The Hall–Kier alpha value is -4.63. The summed E-state index contributed by atoms with van der Waals surface area (Å²) in [6, 6.07) is 12.0. The van der Waals surface area contributed by atoms with Gasteiger partial charge in [0.05, 0.1) is 28.7 Å². The largest absolute Gasteiger partial charge is 0.368 e. The number of nitriles is 1. The van der Waals surface area contributed by atoms with E-state index < -0.39 is 4.92 Å². The lowest BCUT2D eigenvalue weighted by Crippen LogP contribution is -2.32.